The first-order chi connectivity index (χ1) is 13.8. The minimum Gasteiger partial charge on any atom is -0.340 e. The van der Waals surface area contributed by atoms with Gasteiger partial charge in [-0.25, -0.2) is 9.37 Å². The Hall–Kier alpha value is -3.16. The molecule has 1 atom stereocenters. The molecule has 8 heteroatoms. The van der Waals surface area contributed by atoms with Crippen LogP contribution in [0.4, 0.5) is 40.7 Å². The van der Waals surface area contributed by atoms with Gasteiger partial charge in [-0.2, -0.15) is 18.2 Å². The summed E-state index contributed by atoms with van der Waals surface area (Å²) in [5, 5.41) is 5.54. The molecule has 0 saturated carbocycles. The van der Waals surface area contributed by atoms with Crippen molar-refractivity contribution in [1.82, 2.24) is 9.97 Å². The Kier molecular flexibility index (Phi) is 6.00. The molecule has 0 aliphatic rings. The van der Waals surface area contributed by atoms with E-state index in [0.717, 1.165) is 18.2 Å². The van der Waals surface area contributed by atoms with Gasteiger partial charge in [0, 0.05) is 17.6 Å². The van der Waals surface area contributed by atoms with E-state index in [-0.39, 0.29) is 17.7 Å². The third-order valence-corrected chi connectivity index (χ3v) is 4.53. The molecule has 0 aliphatic carbocycles. The third-order valence-electron chi connectivity index (χ3n) is 4.53. The van der Waals surface area contributed by atoms with E-state index in [1.165, 1.54) is 24.3 Å². The summed E-state index contributed by atoms with van der Waals surface area (Å²) in [4.78, 5) is 7.75. The Morgan fingerprint density at radius 1 is 1.00 bits per heavy atom. The monoisotopic (exact) mass is 404 g/mol. The smallest absolute Gasteiger partial charge is 0.340 e. The van der Waals surface area contributed by atoms with E-state index >= 15 is 0 Å². The molecule has 152 valence electrons. The minimum atomic E-state index is -4.62. The molecular weight excluding hydrogens is 384 g/mol. The van der Waals surface area contributed by atoms with E-state index in [2.05, 4.69) is 27.5 Å². The zero-order valence-electron chi connectivity index (χ0n) is 15.9. The molecule has 2 N–H and O–H groups in total. The van der Waals surface area contributed by atoms with E-state index < -0.39 is 17.6 Å². The molecule has 0 aliphatic heterocycles. The first-order valence-corrected chi connectivity index (χ1v) is 9.10. The van der Waals surface area contributed by atoms with Crippen LogP contribution in [-0.4, -0.2) is 9.97 Å². The largest absolute Gasteiger partial charge is 0.421 e. The van der Waals surface area contributed by atoms with Gasteiger partial charge in [-0.05, 0) is 54.3 Å². The van der Waals surface area contributed by atoms with Crippen molar-refractivity contribution >= 4 is 23.1 Å². The molecule has 1 heterocycles. The van der Waals surface area contributed by atoms with Crippen molar-refractivity contribution in [3.63, 3.8) is 0 Å². The van der Waals surface area contributed by atoms with Gasteiger partial charge in [0.25, 0.3) is 0 Å². The SMILES string of the molecule is CCC(C)c1cccc(Nc2nc(Nc3ccc(F)cc3)ncc2C(F)(F)F)c1. The van der Waals surface area contributed by atoms with E-state index in [4.69, 9.17) is 0 Å². The van der Waals surface area contributed by atoms with Crippen LogP contribution in [0.25, 0.3) is 0 Å². The molecule has 29 heavy (non-hydrogen) atoms. The number of nitrogens with one attached hydrogen (secondary N) is 2. The first kappa shape index (κ1) is 20.6. The maximum absolute atomic E-state index is 13.4. The fraction of sp³-hybridized carbons (Fsp3) is 0.238. The number of hydrogen-bond acceptors (Lipinski definition) is 4. The molecule has 0 bridgehead atoms. The Morgan fingerprint density at radius 3 is 2.38 bits per heavy atom. The molecule has 4 nitrogen and oxygen atoms in total. The summed E-state index contributed by atoms with van der Waals surface area (Å²) >= 11 is 0. The summed E-state index contributed by atoms with van der Waals surface area (Å²) in [5.41, 5.74) is 0.997. The average Bonchev–Trinajstić information content (AvgIpc) is 2.68. The van der Waals surface area contributed by atoms with Gasteiger partial charge in [-0.15, -0.1) is 0 Å². The number of benzene rings is 2. The summed E-state index contributed by atoms with van der Waals surface area (Å²) < 4.78 is 53.3. The van der Waals surface area contributed by atoms with Crippen molar-refractivity contribution < 1.29 is 17.6 Å². The summed E-state index contributed by atoms with van der Waals surface area (Å²) in [7, 11) is 0. The number of halogens is 4. The van der Waals surface area contributed by atoms with Gasteiger partial charge in [0.1, 0.15) is 17.2 Å². The predicted molar refractivity (Wildman–Crippen MR) is 105 cm³/mol. The van der Waals surface area contributed by atoms with Gasteiger partial charge in [-0.3, -0.25) is 0 Å². The molecule has 3 rings (SSSR count). The van der Waals surface area contributed by atoms with E-state index in [9.17, 15) is 17.6 Å². The highest BCUT2D eigenvalue weighted by Gasteiger charge is 2.35. The van der Waals surface area contributed by atoms with Crippen molar-refractivity contribution in [3.8, 4) is 0 Å². The molecule has 0 radical (unpaired) electrons. The van der Waals surface area contributed by atoms with Crippen molar-refractivity contribution in [1.29, 1.82) is 0 Å². The molecule has 2 aromatic carbocycles. The van der Waals surface area contributed by atoms with Crippen LogP contribution in [0.15, 0.2) is 54.7 Å². The molecular formula is C21H20F4N4. The highest BCUT2D eigenvalue weighted by molar-refractivity contribution is 5.63. The van der Waals surface area contributed by atoms with Gasteiger partial charge < -0.3 is 10.6 Å². The number of anilines is 4. The van der Waals surface area contributed by atoms with Gasteiger partial charge in [0.2, 0.25) is 5.95 Å². The highest BCUT2D eigenvalue weighted by atomic mass is 19.4. The molecule has 0 saturated heterocycles. The van der Waals surface area contributed by atoms with Crippen LogP contribution >= 0.6 is 0 Å². The normalized spacial score (nSPS) is 12.5. The van der Waals surface area contributed by atoms with Crippen molar-refractivity contribution in [2.24, 2.45) is 0 Å². The molecule has 0 amide bonds. The zero-order valence-corrected chi connectivity index (χ0v) is 15.9. The van der Waals surface area contributed by atoms with Crippen molar-refractivity contribution in [2.75, 3.05) is 10.6 Å². The lowest BCUT2D eigenvalue weighted by Gasteiger charge is -2.16. The second kappa shape index (κ2) is 8.46. The van der Waals surface area contributed by atoms with Crippen LogP contribution in [0.2, 0.25) is 0 Å². The van der Waals surface area contributed by atoms with Gasteiger partial charge in [0.15, 0.2) is 0 Å². The Morgan fingerprint density at radius 2 is 1.72 bits per heavy atom. The number of aromatic nitrogens is 2. The molecule has 3 aromatic rings. The fourth-order valence-corrected chi connectivity index (χ4v) is 2.70. The fourth-order valence-electron chi connectivity index (χ4n) is 2.70. The van der Waals surface area contributed by atoms with Crippen LogP contribution in [-0.2, 0) is 6.18 Å². The number of rotatable bonds is 6. The number of alkyl halides is 3. The van der Waals surface area contributed by atoms with E-state index in [1.54, 1.807) is 12.1 Å². The van der Waals surface area contributed by atoms with Crippen molar-refractivity contribution in [2.45, 2.75) is 32.4 Å². The second-order valence-corrected chi connectivity index (χ2v) is 6.65. The van der Waals surface area contributed by atoms with Crippen LogP contribution in [0.3, 0.4) is 0 Å². The quantitative estimate of drug-likeness (QED) is 0.453. The van der Waals surface area contributed by atoms with Crippen molar-refractivity contribution in [3.05, 3.63) is 71.7 Å². The lowest BCUT2D eigenvalue weighted by atomic mass is 9.98. The topological polar surface area (TPSA) is 49.8 Å². The van der Waals surface area contributed by atoms with Crippen LogP contribution in [0.1, 0.15) is 37.3 Å². The van der Waals surface area contributed by atoms with E-state index in [1.807, 2.05) is 19.1 Å². The third kappa shape index (κ3) is 5.22. The van der Waals surface area contributed by atoms with Crippen LogP contribution < -0.4 is 10.6 Å². The highest BCUT2D eigenvalue weighted by Crippen LogP contribution is 2.35. The molecule has 0 spiro atoms. The maximum atomic E-state index is 13.4. The second-order valence-electron chi connectivity index (χ2n) is 6.65. The Bertz CT molecular complexity index is 971. The number of nitrogens with zero attached hydrogens (tertiary/aromatic N) is 2. The Balaban J connectivity index is 1.93. The van der Waals surface area contributed by atoms with Crippen LogP contribution in [0, 0.1) is 5.82 Å². The Labute approximate surface area is 166 Å². The summed E-state index contributed by atoms with van der Waals surface area (Å²) in [6.45, 7) is 4.10. The van der Waals surface area contributed by atoms with Crippen LogP contribution in [0.5, 0.6) is 0 Å². The maximum Gasteiger partial charge on any atom is 0.421 e. The minimum absolute atomic E-state index is 0.0369. The lowest BCUT2D eigenvalue weighted by Crippen LogP contribution is -2.12. The van der Waals surface area contributed by atoms with Gasteiger partial charge >= 0.3 is 6.18 Å². The number of hydrogen-bond donors (Lipinski definition) is 2. The molecule has 1 unspecified atom stereocenters. The standard InChI is InChI=1S/C21H20F4N4/c1-3-13(2)14-5-4-6-17(11-14)27-19-18(21(23,24)25)12-26-20(29-19)28-16-9-7-15(22)8-10-16/h4-13H,3H2,1-2H3,(H2,26,27,28,29). The summed E-state index contributed by atoms with van der Waals surface area (Å²) in [5.74, 6) is -0.545. The zero-order chi connectivity index (χ0) is 21.0. The average molecular weight is 404 g/mol. The molecule has 0 fully saturated rings. The molecule has 1 aromatic heterocycles. The van der Waals surface area contributed by atoms with E-state index in [0.29, 0.717) is 11.4 Å². The summed E-state index contributed by atoms with van der Waals surface area (Å²) in [6, 6.07) is 12.6. The lowest BCUT2D eigenvalue weighted by molar-refractivity contribution is -0.137. The van der Waals surface area contributed by atoms with Gasteiger partial charge in [0.05, 0.1) is 0 Å². The first-order valence-electron chi connectivity index (χ1n) is 9.10. The summed E-state index contributed by atoms with van der Waals surface area (Å²) in [6.07, 6.45) is -2.98. The van der Waals surface area contributed by atoms with Gasteiger partial charge in [-0.1, -0.05) is 26.0 Å². The predicted octanol–water partition coefficient (Wildman–Crippen LogP) is 6.64.